The van der Waals surface area contributed by atoms with Crippen LogP contribution in [0.25, 0.3) is 22.0 Å². The second kappa shape index (κ2) is 4.56. The maximum absolute atomic E-state index is 13.2. The van der Waals surface area contributed by atoms with Gasteiger partial charge in [0, 0.05) is 21.5 Å². The Bertz CT molecular complexity index is 757. The average Bonchev–Trinajstić information content (AvgIpc) is 2.79. The Kier molecular flexibility index (Phi) is 2.98. The van der Waals surface area contributed by atoms with Gasteiger partial charge in [-0.25, -0.2) is 0 Å². The van der Waals surface area contributed by atoms with Gasteiger partial charge in [-0.05, 0) is 23.8 Å². The number of aromatic amines is 1. The minimum absolute atomic E-state index is 0.157. The van der Waals surface area contributed by atoms with E-state index < -0.39 is 11.9 Å². The summed E-state index contributed by atoms with van der Waals surface area (Å²) in [4.78, 5) is 2.46. The van der Waals surface area contributed by atoms with Gasteiger partial charge in [-0.1, -0.05) is 41.9 Å². The van der Waals surface area contributed by atoms with Crippen molar-refractivity contribution in [1.82, 2.24) is 4.98 Å². The van der Waals surface area contributed by atoms with E-state index in [0.717, 1.165) is 0 Å². The zero-order valence-electron chi connectivity index (χ0n) is 10.1. The van der Waals surface area contributed by atoms with E-state index in [1.165, 1.54) is 0 Å². The Balaban J connectivity index is 2.34. The molecule has 1 aromatic heterocycles. The molecule has 0 aliphatic rings. The number of hydrogen-bond donors (Lipinski definition) is 1. The first kappa shape index (κ1) is 13.1. The molecule has 3 rings (SSSR count). The molecular formula is C15H9ClF3N. The van der Waals surface area contributed by atoms with E-state index in [2.05, 4.69) is 4.98 Å². The molecule has 0 saturated carbocycles. The van der Waals surface area contributed by atoms with E-state index in [-0.39, 0.29) is 5.56 Å². The van der Waals surface area contributed by atoms with Crippen molar-refractivity contribution in [3.63, 3.8) is 0 Å². The highest BCUT2D eigenvalue weighted by Crippen LogP contribution is 2.41. The van der Waals surface area contributed by atoms with E-state index in [0.29, 0.717) is 21.5 Å². The highest BCUT2D eigenvalue weighted by Gasteiger charge is 2.36. The molecule has 0 aliphatic carbocycles. The van der Waals surface area contributed by atoms with Gasteiger partial charge in [0.2, 0.25) is 0 Å². The summed E-state index contributed by atoms with van der Waals surface area (Å²) < 4.78 is 39.6. The number of H-pyrrole nitrogens is 1. The predicted octanol–water partition coefficient (Wildman–Crippen LogP) is 5.51. The summed E-state index contributed by atoms with van der Waals surface area (Å²) in [5, 5.41) is 1.03. The van der Waals surface area contributed by atoms with Gasteiger partial charge in [0.15, 0.2) is 0 Å². The molecule has 0 radical (unpaired) electrons. The lowest BCUT2D eigenvalue weighted by molar-refractivity contribution is -0.140. The van der Waals surface area contributed by atoms with E-state index >= 15 is 0 Å². The lowest BCUT2D eigenvalue weighted by Crippen LogP contribution is -2.07. The first-order chi connectivity index (χ1) is 9.47. The summed E-state index contributed by atoms with van der Waals surface area (Å²) in [6, 6.07) is 13.1. The van der Waals surface area contributed by atoms with Crippen molar-refractivity contribution < 1.29 is 13.2 Å². The van der Waals surface area contributed by atoms with Crippen LogP contribution in [0.4, 0.5) is 13.2 Å². The van der Waals surface area contributed by atoms with Crippen LogP contribution in [0.5, 0.6) is 0 Å². The first-order valence-corrected chi connectivity index (χ1v) is 6.28. The Morgan fingerprint density at radius 2 is 1.55 bits per heavy atom. The van der Waals surface area contributed by atoms with Crippen LogP contribution in [-0.4, -0.2) is 4.98 Å². The number of nitrogens with one attached hydrogen (secondary N) is 1. The van der Waals surface area contributed by atoms with Crippen molar-refractivity contribution in [1.29, 1.82) is 0 Å². The van der Waals surface area contributed by atoms with Crippen LogP contribution in [0.1, 0.15) is 5.69 Å². The van der Waals surface area contributed by atoms with Gasteiger partial charge in [-0.15, -0.1) is 0 Å². The fourth-order valence-corrected chi connectivity index (χ4v) is 2.40. The Morgan fingerprint density at radius 3 is 2.20 bits per heavy atom. The van der Waals surface area contributed by atoms with Gasteiger partial charge in [-0.3, -0.25) is 0 Å². The molecule has 5 heteroatoms. The van der Waals surface area contributed by atoms with Gasteiger partial charge in [0.25, 0.3) is 0 Å². The highest BCUT2D eigenvalue weighted by atomic mass is 35.5. The van der Waals surface area contributed by atoms with Gasteiger partial charge < -0.3 is 4.98 Å². The summed E-state index contributed by atoms with van der Waals surface area (Å²) in [6.45, 7) is 0. The fourth-order valence-electron chi connectivity index (χ4n) is 2.27. The molecule has 0 atom stereocenters. The maximum atomic E-state index is 13.2. The second-order valence-corrected chi connectivity index (χ2v) is 4.86. The van der Waals surface area contributed by atoms with Crippen molar-refractivity contribution >= 4 is 22.5 Å². The van der Waals surface area contributed by atoms with E-state index in [1.807, 2.05) is 0 Å². The van der Waals surface area contributed by atoms with Gasteiger partial charge in [-0.2, -0.15) is 13.2 Å². The third-order valence-corrected chi connectivity index (χ3v) is 3.37. The average molecular weight is 296 g/mol. The Hall–Kier alpha value is -1.94. The molecule has 2 aromatic carbocycles. The smallest absolute Gasteiger partial charge is 0.350 e. The first-order valence-electron chi connectivity index (χ1n) is 5.90. The molecule has 102 valence electrons. The Morgan fingerprint density at radius 1 is 0.900 bits per heavy atom. The SMILES string of the molecule is FC(F)(F)c1[nH]c2ccccc2c1-c1ccc(Cl)cc1. The van der Waals surface area contributed by atoms with Crippen LogP contribution >= 0.6 is 11.6 Å². The van der Waals surface area contributed by atoms with Gasteiger partial charge in [0.05, 0.1) is 0 Å². The van der Waals surface area contributed by atoms with E-state index in [4.69, 9.17) is 11.6 Å². The van der Waals surface area contributed by atoms with Crippen molar-refractivity contribution in [2.75, 3.05) is 0 Å². The van der Waals surface area contributed by atoms with Gasteiger partial charge >= 0.3 is 6.18 Å². The molecule has 0 unspecified atom stereocenters. The monoisotopic (exact) mass is 295 g/mol. The standard InChI is InChI=1S/C15H9ClF3N/c16-10-7-5-9(6-8-10)13-11-3-1-2-4-12(11)20-14(13)15(17,18)19/h1-8,20H. The zero-order valence-corrected chi connectivity index (χ0v) is 10.9. The molecule has 0 bridgehead atoms. The topological polar surface area (TPSA) is 15.8 Å². The van der Waals surface area contributed by atoms with Crippen LogP contribution in [0.2, 0.25) is 5.02 Å². The Labute approximate surface area is 118 Å². The third kappa shape index (κ3) is 2.16. The molecule has 3 aromatic rings. The highest BCUT2D eigenvalue weighted by molar-refractivity contribution is 6.30. The van der Waals surface area contributed by atoms with Crippen LogP contribution in [0.3, 0.4) is 0 Å². The number of fused-ring (bicyclic) bond motifs is 1. The number of hydrogen-bond acceptors (Lipinski definition) is 0. The van der Waals surface area contributed by atoms with Crippen molar-refractivity contribution in [2.45, 2.75) is 6.18 Å². The van der Waals surface area contributed by atoms with E-state index in [1.54, 1.807) is 48.5 Å². The van der Waals surface area contributed by atoms with Crippen LogP contribution in [0, 0.1) is 0 Å². The van der Waals surface area contributed by atoms with Crippen molar-refractivity contribution in [3.05, 3.63) is 59.2 Å². The molecule has 0 spiro atoms. The third-order valence-electron chi connectivity index (χ3n) is 3.12. The summed E-state index contributed by atoms with van der Waals surface area (Å²) >= 11 is 5.79. The second-order valence-electron chi connectivity index (χ2n) is 4.43. The number of para-hydroxylation sites is 1. The number of aromatic nitrogens is 1. The number of alkyl halides is 3. The molecule has 0 amide bonds. The molecule has 1 heterocycles. The van der Waals surface area contributed by atoms with Crippen LogP contribution in [0.15, 0.2) is 48.5 Å². The number of rotatable bonds is 1. The lowest BCUT2D eigenvalue weighted by atomic mass is 10.0. The quantitative estimate of drug-likeness (QED) is 0.609. The number of benzene rings is 2. The molecule has 0 saturated heterocycles. The van der Waals surface area contributed by atoms with Crippen LogP contribution in [-0.2, 0) is 6.18 Å². The molecule has 1 N–H and O–H groups in total. The minimum Gasteiger partial charge on any atom is -0.350 e. The minimum atomic E-state index is -4.44. The molecule has 0 fully saturated rings. The molecular weight excluding hydrogens is 287 g/mol. The summed E-state index contributed by atoms with van der Waals surface area (Å²) in [5.74, 6) is 0. The zero-order chi connectivity index (χ0) is 14.3. The fraction of sp³-hybridized carbons (Fsp3) is 0.0667. The van der Waals surface area contributed by atoms with Crippen molar-refractivity contribution in [3.8, 4) is 11.1 Å². The van der Waals surface area contributed by atoms with Crippen molar-refractivity contribution in [2.24, 2.45) is 0 Å². The normalized spacial score (nSPS) is 12.0. The number of halogens is 4. The largest absolute Gasteiger partial charge is 0.431 e. The summed E-state index contributed by atoms with van der Waals surface area (Å²) in [7, 11) is 0. The summed E-state index contributed by atoms with van der Waals surface area (Å²) in [5.41, 5.74) is 0.370. The lowest BCUT2D eigenvalue weighted by Gasteiger charge is -2.08. The predicted molar refractivity (Wildman–Crippen MR) is 73.7 cm³/mol. The molecule has 20 heavy (non-hydrogen) atoms. The maximum Gasteiger partial charge on any atom is 0.431 e. The molecule has 1 nitrogen and oxygen atoms in total. The summed E-state index contributed by atoms with van der Waals surface area (Å²) in [6.07, 6.45) is -4.44. The van der Waals surface area contributed by atoms with Crippen LogP contribution < -0.4 is 0 Å². The molecule has 0 aliphatic heterocycles. The van der Waals surface area contributed by atoms with Gasteiger partial charge in [0.1, 0.15) is 5.69 Å². The van der Waals surface area contributed by atoms with E-state index in [9.17, 15) is 13.2 Å².